The fourth-order valence-corrected chi connectivity index (χ4v) is 2.25. The third-order valence-corrected chi connectivity index (χ3v) is 3.24. The summed E-state index contributed by atoms with van der Waals surface area (Å²) in [5, 5.41) is 4.67. The monoisotopic (exact) mass is 222 g/mol. The summed E-state index contributed by atoms with van der Waals surface area (Å²) in [5.74, 6) is 0.859. The van der Waals surface area contributed by atoms with Gasteiger partial charge in [0.2, 0.25) is 0 Å². The minimum absolute atomic E-state index is 0.0293. The van der Waals surface area contributed by atoms with E-state index in [2.05, 4.69) is 37.7 Å². The Hall–Kier alpha value is -1.03. The summed E-state index contributed by atoms with van der Waals surface area (Å²) in [4.78, 5) is 2.40. The lowest BCUT2D eigenvalue weighted by atomic mass is 10.1. The van der Waals surface area contributed by atoms with Crippen molar-refractivity contribution in [2.24, 2.45) is 0 Å². The molecule has 90 valence electrons. The second-order valence-corrected chi connectivity index (χ2v) is 5.51. The molecule has 0 unspecified atom stereocenters. The number of hydrogen-bond donors (Lipinski definition) is 1. The van der Waals surface area contributed by atoms with Gasteiger partial charge in [-0.05, 0) is 33.7 Å². The molecule has 4 nitrogen and oxygen atoms in total. The van der Waals surface area contributed by atoms with Gasteiger partial charge in [-0.2, -0.15) is 5.10 Å². The lowest BCUT2D eigenvalue weighted by Crippen LogP contribution is -2.30. The molecule has 0 saturated carbocycles. The van der Waals surface area contributed by atoms with Crippen molar-refractivity contribution in [1.82, 2.24) is 14.7 Å². The standard InChI is InChI=1S/C12H22N4/c1-5-15-7-6-9-10(8-15)14-16(11(9)13)12(2,3)4/h5-8,13H2,1-4H3. The molecule has 0 fully saturated rings. The Bertz CT molecular complexity index is 386. The second kappa shape index (κ2) is 3.77. The molecule has 1 aromatic rings. The van der Waals surface area contributed by atoms with Crippen LogP contribution in [0.1, 0.15) is 39.0 Å². The van der Waals surface area contributed by atoms with Crippen molar-refractivity contribution in [2.45, 2.75) is 46.2 Å². The van der Waals surface area contributed by atoms with Gasteiger partial charge in [-0.15, -0.1) is 0 Å². The number of nitrogen functional groups attached to an aromatic ring is 1. The molecule has 1 aromatic heterocycles. The molecular weight excluding hydrogens is 200 g/mol. The Kier molecular flexibility index (Phi) is 2.70. The van der Waals surface area contributed by atoms with Gasteiger partial charge in [0, 0.05) is 18.7 Å². The largest absolute Gasteiger partial charge is 0.384 e. The first kappa shape index (κ1) is 11.5. The Morgan fingerprint density at radius 2 is 2.06 bits per heavy atom. The molecule has 0 aromatic carbocycles. The molecule has 0 saturated heterocycles. The van der Waals surface area contributed by atoms with Crippen LogP contribution in [0.2, 0.25) is 0 Å². The quantitative estimate of drug-likeness (QED) is 0.785. The SMILES string of the molecule is CCN1CCc2c(nn(C(C)(C)C)c2N)C1. The van der Waals surface area contributed by atoms with E-state index in [0.29, 0.717) is 0 Å². The average Bonchev–Trinajstić information content (AvgIpc) is 2.55. The number of likely N-dealkylation sites (N-methyl/N-ethyl adjacent to an activating group) is 1. The van der Waals surface area contributed by atoms with Crippen molar-refractivity contribution in [2.75, 3.05) is 18.8 Å². The minimum Gasteiger partial charge on any atom is -0.384 e. The molecule has 4 heteroatoms. The number of nitrogens with two attached hydrogens (primary N) is 1. The van der Waals surface area contributed by atoms with Gasteiger partial charge < -0.3 is 5.73 Å². The highest BCUT2D eigenvalue weighted by atomic mass is 15.4. The van der Waals surface area contributed by atoms with E-state index >= 15 is 0 Å². The Morgan fingerprint density at radius 3 is 2.62 bits per heavy atom. The predicted molar refractivity (Wildman–Crippen MR) is 66.3 cm³/mol. The maximum absolute atomic E-state index is 6.18. The molecule has 0 amide bonds. The number of nitrogens with zero attached hydrogens (tertiary/aromatic N) is 3. The molecule has 2 N–H and O–H groups in total. The van der Waals surface area contributed by atoms with Crippen molar-refractivity contribution in [3.05, 3.63) is 11.3 Å². The number of anilines is 1. The third-order valence-electron chi connectivity index (χ3n) is 3.24. The number of fused-ring (bicyclic) bond motifs is 1. The highest BCUT2D eigenvalue weighted by molar-refractivity contribution is 5.45. The van der Waals surface area contributed by atoms with Gasteiger partial charge in [-0.25, -0.2) is 4.68 Å². The van der Waals surface area contributed by atoms with Crippen molar-refractivity contribution >= 4 is 5.82 Å². The lowest BCUT2D eigenvalue weighted by Gasteiger charge is -2.24. The Morgan fingerprint density at radius 1 is 1.38 bits per heavy atom. The van der Waals surface area contributed by atoms with Crippen molar-refractivity contribution in [1.29, 1.82) is 0 Å². The fraction of sp³-hybridized carbons (Fsp3) is 0.750. The van der Waals surface area contributed by atoms with E-state index in [-0.39, 0.29) is 5.54 Å². The van der Waals surface area contributed by atoms with Gasteiger partial charge in [0.1, 0.15) is 5.82 Å². The van der Waals surface area contributed by atoms with E-state index in [1.807, 2.05) is 4.68 Å². The summed E-state index contributed by atoms with van der Waals surface area (Å²) in [7, 11) is 0. The Balaban J connectivity index is 2.38. The molecule has 0 spiro atoms. The summed E-state index contributed by atoms with van der Waals surface area (Å²) in [6.07, 6.45) is 1.03. The van der Waals surface area contributed by atoms with Crippen LogP contribution in [0.15, 0.2) is 0 Å². The molecular formula is C12H22N4. The van der Waals surface area contributed by atoms with Crippen molar-refractivity contribution in [3.8, 4) is 0 Å². The highest BCUT2D eigenvalue weighted by Crippen LogP contribution is 2.28. The summed E-state index contributed by atoms with van der Waals surface area (Å²) < 4.78 is 1.97. The van der Waals surface area contributed by atoms with Gasteiger partial charge in [-0.1, -0.05) is 6.92 Å². The molecule has 2 heterocycles. The molecule has 0 aliphatic carbocycles. The summed E-state index contributed by atoms with van der Waals surface area (Å²) in [6, 6.07) is 0. The van der Waals surface area contributed by atoms with Crippen LogP contribution in [-0.4, -0.2) is 27.8 Å². The van der Waals surface area contributed by atoms with Gasteiger partial charge in [-0.3, -0.25) is 4.90 Å². The van der Waals surface area contributed by atoms with Crippen LogP contribution in [0.4, 0.5) is 5.82 Å². The maximum atomic E-state index is 6.18. The van der Waals surface area contributed by atoms with Crippen molar-refractivity contribution < 1.29 is 0 Å². The number of hydrogen-bond acceptors (Lipinski definition) is 3. The first-order valence-corrected chi connectivity index (χ1v) is 6.02. The van der Waals surface area contributed by atoms with Crippen molar-refractivity contribution in [3.63, 3.8) is 0 Å². The molecule has 2 rings (SSSR count). The number of rotatable bonds is 1. The highest BCUT2D eigenvalue weighted by Gasteiger charge is 2.26. The van der Waals surface area contributed by atoms with Crippen LogP contribution in [0.25, 0.3) is 0 Å². The van der Waals surface area contributed by atoms with Crippen LogP contribution in [-0.2, 0) is 18.5 Å². The molecule has 1 aliphatic rings. The van der Waals surface area contributed by atoms with E-state index in [1.165, 1.54) is 11.3 Å². The molecule has 0 atom stereocenters. The zero-order chi connectivity index (χ0) is 11.9. The van der Waals surface area contributed by atoms with E-state index in [9.17, 15) is 0 Å². The average molecular weight is 222 g/mol. The second-order valence-electron chi connectivity index (χ2n) is 5.51. The fourth-order valence-electron chi connectivity index (χ4n) is 2.25. The van der Waals surface area contributed by atoms with E-state index < -0.39 is 0 Å². The smallest absolute Gasteiger partial charge is 0.125 e. The number of aromatic nitrogens is 2. The molecule has 0 radical (unpaired) electrons. The topological polar surface area (TPSA) is 47.1 Å². The normalized spacial score (nSPS) is 17.5. The minimum atomic E-state index is -0.0293. The molecule has 1 aliphatic heterocycles. The van der Waals surface area contributed by atoms with Crippen LogP contribution >= 0.6 is 0 Å². The third kappa shape index (κ3) is 1.82. The first-order valence-electron chi connectivity index (χ1n) is 6.02. The zero-order valence-corrected chi connectivity index (χ0v) is 10.7. The van der Waals surface area contributed by atoms with Gasteiger partial charge >= 0.3 is 0 Å². The maximum Gasteiger partial charge on any atom is 0.125 e. The first-order chi connectivity index (χ1) is 7.43. The summed E-state index contributed by atoms with van der Waals surface area (Å²) in [6.45, 7) is 11.7. The van der Waals surface area contributed by atoms with Crippen LogP contribution in [0.3, 0.4) is 0 Å². The summed E-state index contributed by atoms with van der Waals surface area (Å²) in [5.41, 5.74) is 8.58. The molecule has 16 heavy (non-hydrogen) atoms. The summed E-state index contributed by atoms with van der Waals surface area (Å²) >= 11 is 0. The zero-order valence-electron chi connectivity index (χ0n) is 10.7. The predicted octanol–water partition coefficient (Wildman–Crippen LogP) is 1.60. The van der Waals surface area contributed by atoms with Gasteiger partial charge in [0.15, 0.2) is 0 Å². The van der Waals surface area contributed by atoms with Crippen LogP contribution in [0, 0.1) is 0 Å². The van der Waals surface area contributed by atoms with Crippen LogP contribution in [0.5, 0.6) is 0 Å². The van der Waals surface area contributed by atoms with Crippen LogP contribution < -0.4 is 5.73 Å². The Labute approximate surface area is 97.4 Å². The van der Waals surface area contributed by atoms with E-state index in [4.69, 9.17) is 5.73 Å². The lowest BCUT2D eigenvalue weighted by molar-refractivity contribution is 0.262. The van der Waals surface area contributed by atoms with E-state index in [1.54, 1.807) is 0 Å². The van der Waals surface area contributed by atoms with Gasteiger partial charge in [0.25, 0.3) is 0 Å². The van der Waals surface area contributed by atoms with E-state index in [0.717, 1.165) is 31.9 Å². The molecule has 0 bridgehead atoms. The van der Waals surface area contributed by atoms with Gasteiger partial charge in [0.05, 0.1) is 11.2 Å².